The second kappa shape index (κ2) is 8.98. The summed E-state index contributed by atoms with van der Waals surface area (Å²) in [5, 5.41) is 5.03. The molecule has 2 N–H and O–H groups in total. The van der Waals surface area contributed by atoms with E-state index >= 15 is 0 Å². The smallest absolute Gasteiger partial charge is 0.338 e. The summed E-state index contributed by atoms with van der Waals surface area (Å²) in [6.07, 6.45) is 4.19. The molecule has 2 aromatic rings. The minimum Gasteiger partial charge on any atom is -0.452 e. The first-order valence-electron chi connectivity index (χ1n) is 9.86. The van der Waals surface area contributed by atoms with Crippen LogP contribution in [-0.2, 0) is 9.53 Å². The number of benzene rings is 1. The number of amides is 3. The van der Waals surface area contributed by atoms with Gasteiger partial charge in [0.05, 0.1) is 28.0 Å². The Morgan fingerprint density at radius 2 is 1.76 bits per heavy atom. The number of rotatable bonds is 4. The number of fused-ring (bicyclic) bond motifs is 1. The number of carbonyl (C=O) groups excluding carboxylic acids is 3. The molecule has 0 aliphatic heterocycles. The van der Waals surface area contributed by atoms with Crippen LogP contribution in [0.2, 0.25) is 0 Å². The quantitative estimate of drug-likeness (QED) is 0.766. The molecule has 0 bridgehead atoms. The lowest BCUT2D eigenvalue weighted by molar-refractivity contribution is -0.123. The summed E-state index contributed by atoms with van der Waals surface area (Å²) in [6.45, 7) is 5.26. The number of aromatic nitrogens is 2. The van der Waals surface area contributed by atoms with Crippen LogP contribution in [0, 0.1) is 19.8 Å². The van der Waals surface area contributed by atoms with E-state index in [1.54, 1.807) is 18.2 Å². The van der Waals surface area contributed by atoms with Crippen molar-refractivity contribution < 1.29 is 19.1 Å². The second-order valence-corrected chi connectivity index (χ2v) is 7.56. The van der Waals surface area contributed by atoms with Crippen LogP contribution in [-0.4, -0.2) is 40.5 Å². The van der Waals surface area contributed by atoms with Crippen molar-refractivity contribution in [2.24, 2.45) is 5.92 Å². The van der Waals surface area contributed by atoms with Gasteiger partial charge in [-0.05, 0) is 50.8 Å². The number of hydrogen-bond donors (Lipinski definition) is 2. The molecule has 1 heterocycles. The van der Waals surface area contributed by atoms with E-state index in [1.165, 1.54) is 0 Å². The van der Waals surface area contributed by atoms with Crippen molar-refractivity contribution in [3.63, 3.8) is 0 Å². The molecule has 1 aromatic heterocycles. The van der Waals surface area contributed by atoms with E-state index in [0.29, 0.717) is 17.0 Å². The fraction of sp³-hybridized carbons (Fsp3) is 0.476. The van der Waals surface area contributed by atoms with E-state index in [2.05, 4.69) is 27.5 Å². The van der Waals surface area contributed by atoms with Gasteiger partial charge in [-0.2, -0.15) is 0 Å². The zero-order chi connectivity index (χ0) is 21.0. The third-order valence-electron chi connectivity index (χ3n) is 5.33. The summed E-state index contributed by atoms with van der Waals surface area (Å²) >= 11 is 0. The van der Waals surface area contributed by atoms with Crippen molar-refractivity contribution in [1.82, 2.24) is 20.6 Å². The molecule has 154 valence electrons. The Hall–Kier alpha value is -3.03. The largest absolute Gasteiger partial charge is 0.452 e. The minimum absolute atomic E-state index is 0.0601. The summed E-state index contributed by atoms with van der Waals surface area (Å²) in [5.74, 6) is -0.958. The number of aryl methyl sites for hydroxylation is 2. The van der Waals surface area contributed by atoms with Crippen molar-refractivity contribution in [2.75, 3.05) is 6.61 Å². The standard InChI is InChI=1S/C21H26N4O4/c1-12-6-4-5-7-16(12)24-21(28)25-19(26)11-29-20(27)15-8-9-17-18(10-15)23-14(3)13(2)22-17/h8-10,12,16H,4-7,11H2,1-3H3,(H2,24,25,26,28)/t12-,16+/m0/s1. The summed E-state index contributed by atoms with van der Waals surface area (Å²) in [6, 6.07) is 4.33. The van der Waals surface area contributed by atoms with E-state index in [1.807, 2.05) is 13.8 Å². The molecule has 0 spiro atoms. The van der Waals surface area contributed by atoms with Crippen LogP contribution in [0.3, 0.4) is 0 Å². The van der Waals surface area contributed by atoms with E-state index in [0.717, 1.165) is 37.1 Å². The number of urea groups is 1. The van der Waals surface area contributed by atoms with E-state index in [4.69, 9.17) is 4.74 Å². The van der Waals surface area contributed by atoms with Gasteiger partial charge in [0.15, 0.2) is 6.61 Å². The van der Waals surface area contributed by atoms with Crippen LogP contribution in [0.15, 0.2) is 18.2 Å². The molecule has 8 heteroatoms. The predicted molar refractivity (Wildman–Crippen MR) is 107 cm³/mol. The van der Waals surface area contributed by atoms with Gasteiger partial charge in [0.25, 0.3) is 5.91 Å². The first kappa shape index (κ1) is 20.7. The Labute approximate surface area is 169 Å². The van der Waals surface area contributed by atoms with Gasteiger partial charge in [-0.15, -0.1) is 0 Å². The second-order valence-electron chi connectivity index (χ2n) is 7.56. The predicted octanol–water partition coefficient (Wildman–Crippen LogP) is 2.81. The third-order valence-corrected chi connectivity index (χ3v) is 5.33. The van der Waals surface area contributed by atoms with Gasteiger partial charge in [-0.25, -0.2) is 19.6 Å². The van der Waals surface area contributed by atoms with Gasteiger partial charge in [0.1, 0.15) is 0 Å². The Morgan fingerprint density at radius 1 is 1.07 bits per heavy atom. The molecule has 0 unspecified atom stereocenters. The molecular weight excluding hydrogens is 372 g/mol. The highest BCUT2D eigenvalue weighted by Gasteiger charge is 2.23. The van der Waals surface area contributed by atoms with Gasteiger partial charge >= 0.3 is 12.0 Å². The third kappa shape index (κ3) is 5.28. The van der Waals surface area contributed by atoms with Crippen molar-refractivity contribution in [3.8, 4) is 0 Å². The van der Waals surface area contributed by atoms with Crippen LogP contribution >= 0.6 is 0 Å². The van der Waals surface area contributed by atoms with Crippen molar-refractivity contribution >= 4 is 28.9 Å². The molecular formula is C21H26N4O4. The van der Waals surface area contributed by atoms with Crippen LogP contribution in [0.25, 0.3) is 11.0 Å². The monoisotopic (exact) mass is 398 g/mol. The number of ether oxygens (including phenoxy) is 1. The van der Waals surface area contributed by atoms with Crippen LogP contribution in [0.5, 0.6) is 0 Å². The molecule has 29 heavy (non-hydrogen) atoms. The molecule has 0 saturated heterocycles. The van der Waals surface area contributed by atoms with E-state index in [9.17, 15) is 14.4 Å². The highest BCUT2D eigenvalue weighted by atomic mass is 16.5. The fourth-order valence-corrected chi connectivity index (χ4v) is 3.47. The lowest BCUT2D eigenvalue weighted by Gasteiger charge is -2.29. The van der Waals surface area contributed by atoms with E-state index < -0.39 is 24.5 Å². The highest BCUT2D eigenvalue weighted by Crippen LogP contribution is 2.23. The van der Waals surface area contributed by atoms with Crippen molar-refractivity contribution in [2.45, 2.75) is 52.5 Å². The number of nitrogens with one attached hydrogen (secondary N) is 2. The maximum absolute atomic E-state index is 12.2. The Morgan fingerprint density at radius 3 is 2.48 bits per heavy atom. The first-order valence-corrected chi connectivity index (χ1v) is 9.86. The topological polar surface area (TPSA) is 110 Å². The van der Waals surface area contributed by atoms with Crippen molar-refractivity contribution in [1.29, 1.82) is 0 Å². The Bertz CT molecular complexity index is 944. The lowest BCUT2D eigenvalue weighted by Crippen LogP contribution is -2.48. The minimum atomic E-state index is -0.675. The summed E-state index contributed by atoms with van der Waals surface area (Å²) < 4.78 is 5.03. The van der Waals surface area contributed by atoms with Gasteiger partial charge in [0.2, 0.25) is 0 Å². The Balaban J connectivity index is 1.52. The molecule has 1 aliphatic rings. The lowest BCUT2D eigenvalue weighted by atomic mass is 9.86. The number of imide groups is 1. The number of hydrogen-bond acceptors (Lipinski definition) is 6. The van der Waals surface area contributed by atoms with E-state index in [-0.39, 0.29) is 11.6 Å². The zero-order valence-corrected chi connectivity index (χ0v) is 16.9. The average molecular weight is 398 g/mol. The fourth-order valence-electron chi connectivity index (χ4n) is 3.47. The molecule has 0 radical (unpaired) electrons. The summed E-state index contributed by atoms with van der Waals surface area (Å²) in [7, 11) is 0. The number of carbonyl (C=O) groups is 3. The SMILES string of the molecule is Cc1nc2ccc(C(=O)OCC(=O)NC(=O)N[C@@H]3CCCC[C@@H]3C)cc2nc1C. The van der Waals surface area contributed by atoms with Crippen molar-refractivity contribution in [3.05, 3.63) is 35.2 Å². The molecule has 1 aliphatic carbocycles. The normalized spacial score (nSPS) is 18.9. The highest BCUT2D eigenvalue weighted by molar-refractivity contribution is 5.98. The van der Waals surface area contributed by atoms with Gasteiger partial charge in [0, 0.05) is 6.04 Å². The van der Waals surface area contributed by atoms with Gasteiger partial charge < -0.3 is 10.1 Å². The molecule has 1 saturated carbocycles. The maximum atomic E-state index is 12.2. The molecule has 2 atom stereocenters. The molecule has 1 aromatic carbocycles. The average Bonchev–Trinajstić information content (AvgIpc) is 2.68. The molecule has 3 rings (SSSR count). The van der Waals surface area contributed by atoms with Gasteiger partial charge in [-0.3, -0.25) is 10.1 Å². The first-order chi connectivity index (χ1) is 13.8. The molecule has 1 fully saturated rings. The molecule has 8 nitrogen and oxygen atoms in total. The molecule has 3 amide bonds. The van der Waals surface area contributed by atoms with Crippen LogP contribution < -0.4 is 10.6 Å². The van der Waals surface area contributed by atoms with Crippen LogP contribution in [0.1, 0.15) is 54.4 Å². The number of esters is 1. The zero-order valence-electron chi connectivity index (χ0n) is 16.9. The Kier molecular flexibility index (Phi) is 6.41. The number of nitrogens with zero attached hydrogens (tertiary/aromatic N) is 2. The summed E-state index contributed by atoms with van der Waals surface area (Å²) in [4.78, 5) is 45.0. The van der Waals surface area contributed by atoms with Crippen LogP contribution in [0.4, 0.5) is 4.79 Å². The van der Waals surface area contributed by atoms with Gasteiger partial charge in [-0.1, -0.05) is 19.8 Å². The summed E-state index contributed by atoms with van der Waals surface area (Å²) in [5.41, 5.74) is 3.12. The maximum Gasteiger partial charge on any atom is 0.338 e.